The number of H-pyrrole nitrogens is 2. The van der Waals surface area contributed by atoms with E-state index in [2.05, 4.69) is 20.4 Å². The summed E-state index contributed by atoms with van der Waals surface area (Å²) in [5.41, 5.74) is 2.31. The Balaban J connectivity index is 1.73. The second kappa shape index (κ2) is 6.61. The number of carbonyl (C=O) groups is 1. The molecule has 1 amide bonds. The Morgan fingerprint density at radius 3 is 2.56 bits per heavy atom. The average Bonchev–Trinajstić information content (AvgIpc) is 3.16. The van der Waals surface area contributed by atoms with Crippen LogP contribution >= 0.6 is 23.2 Å². The van der Waals surface area contributed by atoms with Crippen LogP contribution in [0.3, 0.4) is 0 Å². The highest BCUT2D eigenvalue weighted by Gasteiger charge is 2.25. The van der Waals surface area contributed by atoms with Crippen LogP contribution in [0.4, 0.5) is 5.69 Å². The summed E-state index contributed by atoms with van der Waals surface area (Å²) in [4.78, 5) is 29.5. The predicted molar refractivity (Wildman–Crippen MR) is 104 cm³/mol. The van der Waals surface area contributed by atoms with Gasteiger partial charge in [-0.2, -0.15) is 0 Å². The minimum atomic E-state index is -0.433. The van der Waals surface area contributed by atoms with Crippen LogP contribution in [0.2, 0.25) is 10.0 Å². The Bertz CT molecular complexity index is 1220. The lowest BCUT2D eigenvalue weighted by molar-refractivity contribution is 0.102. The van der Waals surface area contributed by atoms with Crippen LogP contribution < -0.4 is 11.0 Å². The topological polar surface area (TPSA) is 104 Å². The summed E-state index contributed by atoms with van der Waals surface area (Å²) in [6.45, 7) is 1.63. The molecule has 9 heteroatoms. The monoisotopic (exact) mass is 402 g/mol. The molecule has 0 aliphatic heterocycles. The van der Waals surface area contributed by atoms with E-state index in [1.54, 1.807) is 43.3 Å². The largest absolute Gasteiger partial charge is 0.360 e. The van der Waals surface area contributed by atoms with Gasteiger partial charge < -0.3 is 19.8 Å². The van der Waals surface area contributed by atoms with E-state index in [4.69, 9.17) is 27.7 Å². The lowest BCUT2D eigenvalue weighted by Gasteiger charge is -2.08. The number of benzene rings is 2. The molecule has 2 aromatic carbocycles. The molecule has 2 heterocycles. The SMILES string of the molecule is Cc1onc(-c2c(Cl)cccc2Cl)c1C(=O)Nc1ccc2[nH]c(=O)[nH]c2c1. The number of aromatic nitrogens is 3. The third kappa shape index (κ3) is 3.11. The van der Waals surface area contributed by atoms with Crippen LogP contribution in [0.15, 0.2) is 45.7 Å². The highest BCUT2D eigenvalue weighted by Crippen LogP contribution is 2.37. The van der Waals surface area contributed by atoms with E-state index in [9.17, 15) is 9.59 Å². The Kier molecular flexibility index (Phi) is 4.25. The highest BCUT2D eigenvalue weighted by atomic mass is 35.5. The molecule has 0 saturated carbocycles. The van der Waals surface area contributed by atoms with Crippen LogP contribution in [0.1, 0.15) is 16.1 Å². The van der Waals surface area contributed by atoms with E-state index in [1.165, 1.54) is 0 Å². The molecule has 0 fully saturated rings. The van der Waals surface area contributed by atoms with Crippen LogP contribution in [-0.4, -0.2) is 21.0 Å². The Labute approximate surface area is 162 Å². The zero-order chi connectivity index (χ0) is 19.1. The van der Waals surface area contributed by atoms with Gasteiger partial charge in [0.25, 0.3) is 5.91 Å². The second-order valence-corrected chi connectivity index (χ2v) is 6.67. The summed E-state index contributed by atoms with van der Waals surface area (Å²) in [5.74, 6) is -0.105. The minimum Gasteiger partial charge on any atom is -0.360 e. The smallest absolute Gasteiger partial charge is 0.323 e. The number of aromatic amines is 2. The first-order chi connectivity index (χ1) is 12.9. The molecule has 27 heavy (non-hydrogen) atoms. The van der Waals surface area contributed by atoms with Crippen molar-refractivity contribution >= 4 is 45.8 Å². The van der Waals surface area contributed by atoms with Crippen LogP contribution in [0, 0.1) is 6.92 Å². The third-order valence-corrected chi connectivity index (χ3v) is 4.69. The molecule has 3 N–H and O–H groups in total. The number of anilines is 1. The van der Waals surface area contributed by atoms with Crippen molar-refractivity contribution in [2.24, 2.45) is 0 Å². The lowest BCUT2D eigenvalue weighted by Crippen LogP contribution is -2.13. The molecule has 2 aromatic heterocycles. The number of nitrogens with zero attached hydrogens (tertiary/aromatic N) is 1. The van der Waals surface area contributed by atoms with Gasteiger partial charge in [-0.1, -0.05) is 34.4 Å². The maximum Gasteiger partial charge on any atom is 0.323 e. The standard InChI is InChI=1S/C18H12Cl2N4O3/c1-8-14(16(24-27-8)15-10(19)3-2-4-11(15)20)17(25)21-9-5-6-12-13(7-9)23-18(26)22-12/h2-7H,1H3,(H,21,25)(H2,22,23,26). The van der Waals surface area contributed by atoms with Crippen molar-refractivity contribution in [2.45, 2.75) is 6.92 Å². The van der Waals surface area contributed by atoms with Gasteiger partial charge in [-0.15, -0.1) is 0 Å². The van der Waals surface area contributed by atoms with E-state index in [1.807, 2.05) is 0 Å². The number of hydrogen-bond acceptors (Lipinski definition) is 4. The molecule has 0 atom stereocenters. The normalized spacial score (nSPS) is 11.1. The summed E-state index contributed by atoms with van der Waals surface area (Å²) < 4.78 is 5.21. The number of imidazole rings is 1. The fourth-order valence-electron chi connectivity index (χ4n) is 2.84. The molecule has 0 bridgehead atoms. The number of nitrogens with one attached hydrogen (secondary N) is 3. The lowest BCUT2D eigenvalue weighted by atomic mass is 10.1. The molecule has 0 aliphatic carbocycles. The van der Waals surface area contributed by atoms with Gasteiger partial charge in [0, 0.05) is 11.3 Å². The Hall–Kier alpha value is -3.03. The zero-order valence-electron chi connectivity index (χ0n) is 13.9. The van der Waals surface area contributed by atoms with Crippen molar-refractivity contribution < 1.29 is 9.32 Å². The van der Waals surface area contributed by atoms with E-state index in [0.29, 0.717) is 38.1 Å². The van der Waals surface area contributed by atoms with Gasteiger partial charge in [-0.3, -0.25) is 4.79 Å². The van der Waals surface area contributed by atoms with Crippen LogP contribution in [-0.2, 0) is 0 Å². The molecule has 7 nitrogen and oxygen atoms in total. The molecule has 0 saturated heterocycles. The fraction of sp³-hybridized carbons (Fsp3) is 0.0556. The van der Waals surface area contributed by atoms with Gasteiger partial charge in [0.1, 0.15) is 17.0 Å². The molecular weight excluding hydrogens is 391 g/mol. The maximum absolute atomic E-state index is 12.9. The summed E-state index contributed by atoms with van der Waals surface area (Å²) in [6, 6.07) is 10.0. The number of aryl methyl sites for hydroxylation is 1. The van der Waals surface area contributed by atoms with Gasteiger partial charge in [-0.05, 0) is 37.3 Å². The first-order valence-electron chi connectivity index (χ1n) is 7.88. The van der Waals surface area contributed by atoms with Crippen molar-refractivity contribution in [3.05, 3.63) is 68.3 Å². The van der Waals surface area contributed by atoms with Crippen molar-refractivity contribution in [3.8, 4) is 11.3 Å². The quantitative estimate of drug-likeness (QED) is 0.472. The summed E-state index contributed by atoms with van der Waals surface area (Å²) >= 11 is 12.5. The van der Waals surface area contributed by atoms with Crippen molar-refractivity contribution in [1.82, 2.24) is 15.1 Å². The van der Waals surface area contributed by atoms with Crippen molar-refractivity contribution in [2.75, 3.05) is 5.32 Å². The third-order valence-electron chi connectivity index (χ3n) is 4.06. The first kappa shape index (κ1) is 17.4. The van der Waals surface area contributed by atoms with Crippen molar-refractivity contribution in [3.63, 3.8) is 0 Å². The molecule has 0 unspecified atom stereocenters. The number of fused-ring (bicyclic) bond motifs is 1. The summed E-state index contributed by atoms with van der Waals surface area (Å²) in [6.07, 6.45) is 0. The number of rotatable bonds is 3. The number of carbonyl (C=O) groups excluding carboxylic acids is 1. The molecule has 0 radical (unpaired) electrons. The second-order valence-electron chi connectivity index (χ2n) is 5.85. The number of halogens is 2. The van der Waals surface area contributed by atoms with Gasteiger partial charge in [0.05, 0.1) is 21.1 Å². The molecule has 0 spiro atoms. The average molecular weight is 403 g/mol. The molecule has 4 aromatic rings. The van der Waals surface area contributed by atoms with E-state index < -0.39 is 5.91 Å². The zero-order valence-corrected chi connectivity index (χ0v) is 15.4. The summed E-state index contributed by atoms with van der Waals surface area (Å²) in [7, 11) is 0. The van der Waals surface area contributed by atoms with Gasteiger partial charge in [0.2, 0.25) is 0 Å². The first-order valence-corrected chi connectivity index (χ1v) is 8.63. The van der Waals surface area contributed by atoms with Gasteiger partial charge in [-0.25, -0.2) is 4.79 Å². The predicted octanol–water partition coefficient (Wildman–Crippen LogP) is 4.38. The van der Waals surface area contributed by atoms with Crippen molar-refractivity contribution in [1.29, 1.82) is 0 Å². The van der Waals surface area contributed by atoms with E-state index >= 15 is 0 Å². The molecule has 4 rings (SSSR count). The highest BCUT2D eigenvalue weighted by molar-refractivity contribution is 6.39. The van der Waals surface area contributed by atoms with Crippen LogP contribution in [0.25, 0.3) is 22.3 Å². The minimum absolute atomic E-state index is 0.229. The molecular formula is C18H12Cl2N4O3. The van der Waals surface area contributed by atoms with Gasteiger partial charge in [0.15, 0.2) is 0 Å². The summed E-state index contributed by atoms with van der Waals surface area (Å²) in [5, 5.41) is 7.46. The Morgan fingerprint density at radius 1 is 1.11 bits per heavy atom. The van der Waals surface area contributed by atoms with E-state index in [0.717, 1.165) is 0 Å². The molecule has 0 aliphatic rings. The van der Waals surface area contributed by atoms with Gasteiger partial charge >= 0.3 is 5.69 Å². The van der Waals surface area contributed by atoms with E-state index in [-0.39, 0.29) is 16.9 Å². The Morgan fingerprint density at radius 2 is 1.81 bits per heavy atom. The maximum atomic E-state index is 12.9. The number of amides is 1. The molecule has 136 valence electrons. The fourth-order valence-corrected chi connectivity index (χ4v) is 3.41. The van der Waals surface area contributed by atoms with Crippen LogP contribution in [0.5, 0.6) is 0 Å². The number of hydrogen-bond donors (Lipinski definition) is 3.